The summed E-state index contributed by atoms with van der Waals surface area (Å²) < 4.78 is 0. The molecule has 0 aromatic heterocycles. The van der Waals surface area contributed by atoms with Crippen LogP contribution in [-0.2, 0) is 11.2 Å². The maximum Gasteiger partial charge on any atom is 0.304 e. The molecule has 1 aromatic rings. The van der Waals surface area contributed by atoms with Gasteiger partial charge in [0.2, 0.25) is 0 Å². The van der Waals surface area contributed by atoms with Crippen molar-refractivity contribution in [3.8, 4) is 0 Å². The third-order valence-corrected chi connectivity index (χ3v) is 4.09. The summed E-state index contributed by atoms with van der Waals surface area (Å²) in [5.41, 5.74) is 2.83. The first-order chi connectivity index (χ1) is 9.19. The molecule has 3 heteroatoms. The van der Waals surface area contributed by atoms with Crippen LogP contribution in [0.1, 0.15) is 43.2 Å². The zero-order chi connectivity index (χ0) is 13.7. The largest absolute Gasteiger partial charge is 0.481 e. The van der Waals surface area contributed by atoms with Crippen molar-refractivity contribution < 1.29 is 9.90 Å². The second-order valence-electron chi connectivity index (χ2n) is 5.35. The highest BCUT2D eigenvalue weighted by atomic mass is 16.4. The van der Waals surface area contributed by atoms with Gasteiger partial charge in [-0.25, -0.2) is 0 Å². The number of aliphatic carboxylic acids is 1. The highest BCUT2D eigenvalue weighted by Crippen LogP contribution is 2.28. The lowest BCUT2D eigenvalue weighted by molar-refractivity contribution is -0.137. The number of nitrogens with zero attached hydrogens (tertiary/aromatic N) is 1. The number of carboxylic acid groups (broad SMARTS) is 1. The molecule has 0 saturated carbocycles. The van der Waals surface area contributed by atoms with Crippen LogP contribution in [0.15, 0.2) is 24.3 Å². The van der Waals surface area contributed by atoms with Crippen LogP contribution in [0.4, 0.5) is 0 Å². The number of aryl methyl sites for hydroxylation is 1. The van der Waals surface area contributed by atoms with E-state index in [1.807, 2.05) is 0 Å². The molecule has 0 aliphatic carbocycles. The van der Waals surface area contributed by atoms with Gasteiger partial charge in [0, 0.05) is 6.54 Å². The van der Waals surface area contributed by atoms with Crippen molar-refractivity contribution in [2.45, 2.75) is 38.5 Å². The lowest BCUT2D eigenvalue weighted by Gasteiger charge is -2.31. The average Bonchev–Trinajstić information content (AvgIpc) is 2.46. The normalized spacial score (nSPS) is 17.5. The van der Waals surface area contributed by atoms with E-state index < -0.39 is 5.97 Å². The standard InChI is InChI=1S/C16H23NO2/c1-2-13-3-5-14(6-4-13)15-7-10-17(11-8-15)12-9-16(18)19/h3-6,15H,2,7-12H2,1H3,(H,18,19). The molecule has 1 aliphatic heterocycles. The third kappa shape index (κ3) is 4.06. The number of carbonyl (C=O) groups is 1. The molecule has 3 nitrogen and oxygen atoms in total. The van der Waals surface area contributed by atoms with Gasteiger partial charge in [0.15, 0.2) is 0 Å². The fourth-order valence-electron chi connectivity index (χ4n) is 2.77. The van der Waals surface area contributed by atoms with E-state index >= 15 is 0 Å². The Bertz CT molecular complexity index is 405. The van der Waals surface area contributed by atoms with Crippen LogP contribution in [-0.4, -0.2) is 35.6 Å². The fourth-order valence-corrected chi connectivity index (χ4v) is 2.77. The SMILES string of the molecule is CCc1ccc(C2CCN(CCC(=O)O)CC2)cc1. The molecule has 1 heterocycles. The number of likely N-dealkylation sites (tertiary alicyclic amines) is 1. The molecule has 2 rings (SSSR count). The van der Waals surface area contributed by atoms with Crippen molar-refractivity contribution in [2.24, 2.45) is 0 Å². The van der Waals surface area contributed by atoms with Crippen LogP contribution in [0.5, 0.6) is 0 Å². The van der Waals surface area contributed by atoms with Crippen molar-refractivity contribution >= 4 is 5.97 Å². The lowest BCUT2D eigenvalue weighted by atomic mass is 9.89. The van der Waals surface area contributed by atoms with Gasteiger partial charge in [-0.05, 0) is 49.4 Å². The number of hydrogen-bond acceptors (Lipinski definition) is 2. The van der Waals surface area contributed by atoms with Crippen molar-refractivity contribution in [3.05, 3.63) is 35.4 Å². The second kappa shape index (κ2) is 6.71. The molecule has 0 radical (unpaired) electrons. The Kier molecular flexibility index (Phi) is 4.97. The zero-order valence-electron chi connectivity index (χ0n) is 11.6. The molecule has 1 saturated heterocycles. The Hall–Kier alpha value is -1.35. The molecule has 0 atom stereocenters. The summed E-state index contributed by atoms with van der Waals surface area (Å²) >= 11 is 0. The first-order valence-electron chi connectivity index (χ1n) is 7.22. The summed E-state index contributed by atoms with van der Waals surface area (Å²) in [7, 11) is 0. The van der Waals surface area contributed by atoms with Crippen molar-refractivity contribution in [3.63, 3.8) is 0 Å². The predicted octanol–water partition coefficient (Wildman–Crippen LogP) is 2.90. The van der Waals surface area contributed by atoms with Crippen LogP contribution in [0.25, 0.3) is 0 Å². The van der Waals surface area contributed by atoms with Crippen LogP contribution in [0, 0.1) is 0 Å². The topological polar surface area (TPSA) is 40.5 Å². The smallest absolute Gasteiger partial charge is 0.304 e. The second-order valence-corrected chi connectivity index (χ2v) is 5.35. The number of carboxylic acids is 1. The molecule has 104 valence electrons. The minimum absolute atomic E-state index is 0.260. The molecule has 0 spiro atoms. The summed E-state index contributed by atoms with van der Waals surface area (Å²) in [4.78, 5) is 12.8. The van der Waals surface area contributed by atoms with Gasteiger partial charge in [-0.3, -0.25) is 4.79 Å². The van der Waals surface area contributed by atoms with E-state index in [0.29, 0.717) is 12.5 Å². The van der Waals surface area contributed by atoms with Crippen LogP contribution >= 0.6 is 0 Å². The van der Waals surface area contributed by atoms with E-state index in [-0.39, 0.29) is 6.42 Å². The van der Waals surface area contributed by atoms with Crippen molar-refractivity contribution in [1.29, 1.82) is 0 Å². The van der Waals surface area contributed by atoms with Gasteiger partial charge in [-0.1, -0.05) is 31.2 Å². The van der Waals surface area contributed by atoms with E-state index in [0.717, 1.165) is 32.4 Å². The van der Waals surface area contributed by atoms with Crippen LogP contribution in [0.2, 0.25) is 0 Å². The number of piperidine rings is 1. The van der Waals surface area contributed by atoms with E-state index in [1.54, 1.807) is 0 Å². The molecule has 0 amide bonds. The molecule has 1 aromatic carbocycles. The highest BCUT2D eigenvalue weighted by Gasteiger charge is 2.20. The first kappa shape index (κ1) is 14.1. The molecule has 0 bridgehead atoms. The first-order valence-corrected chi connectivity index (χ1v) is 7.22. The van der Waals surface area contributed by atoms with Crippen LogP contribution < -0.4 is 0 Å². The van der Waals surface area contributed by atoms with E-state index in [2.05, 4.69) is 36.1 Å². The Morgan fingerprint density at radius 2 is 1.89 bits per heavy atom. The fraction of sp³-hybridized carbons (Fsp3) is 0.562. The number of hydrogen-bond donors (Lipinski definition) is 1. The lowest BCUT2D eigenvalue weighted by Crippen LogP contribution is -2.34. The van der Waals surface area contributed by atoms with E-state index in [9.17, 15) is 4.79 Å². The Labute approximate surface area is 115 Å². The summed E-state index contributed by atoms with van der Waals surface area (Å²) in [6, 6.07) is 8.98. The zero-order valence-corrected chi connectivity index (χ0v) is 11.6. The Balaban J connectivity index is 1.83. The maximum absolute atomic E-state index is 10.6. The van der Waals surface area contributed by atoms with Gasteiger partial charge in [0.25, 0.3) is 0 Å². The van der Waals surface area contributed by atoms with E-state index in [4.69, 9.17) is 5.11 Å². The van der Waals surface area contributed by atoms with Gasteiger partial charge in [0.05, 0.1) is 6.42 Å². The molecule has 19 heavy (non-hydrogen) atoms. The third-order valence-electron chi connectivity index (χ3n) is 4.09. The summed E-state index contributed by atoms with van der Waals surface area (Å²) in [5.74, 6) is -0.0516. The summed E-state index contributed by atoms with van der Waals surface area (Å²) in [6.45, 7) is 4.91. The average molecular weight is 261 g/mol. The quantitative estimate of drug-likeness (QED) is 0.886. The van der Waals surface area contributed by atoms with Crippen molar-refractivity contribution in [1.82, 2.24) is 4.90 Å². The molecule has 1 fully saturated rings. The Morgan fingerprint density at radius 3 is 2.42 bits per heavy atom. The van der Waals surface area contributed by atoms with Gasteiger partial charge in [-0.2, -0.15) is 0 Å². The summed E-state index contributed by atoms with van der Waals surface area (Å²) in [6.07, 6.45) is 3.64. The van der Waals surface area contributed by atoms with Crippen molar-refractivity contribution in [2.75, 3.05) is 19.6 Å². The minimum Gasteiger partial charge on any atom is -0.481 e. The minimum atomic E-state index is -0.697. The van der Waals surface area contributed by atoms with E-state index in [1.165, 1.54) is 11.1 Å². The van der Waals surface area contributed by atoms with Gasteiger partial charge in [0.1, 0.15) is 0 Å². The van der Waals surface area contributed by atoms with Gasteiger partial charge >= 0.3 is 5.97 Å². The molecular weight excluding hydrogens is 238 g/mol. The van der Waals surface area contributed by atoms with Crippen LogP contribution in [0.3, 0.4) is 0 Å². The predicted molar refractivity (Wildman–Crippen MR) is 76.5 cm³/mol. The molecule has 1 N–H and O–H groups in total. The molecular formula is C16H23NO2. The maximum atomic E-state index is 10.6. The number of rotatable bonds is 5. The summed E-state index contributed by atoms with van der Waals surface area (Å²) in [5, 5.41) is 8.70. The van der Waals surface area contributed by atoms with Gasteiger partial charge in [-0.15, -0.1) is 0 Å². The molecule has 1 aliphatic rings. The molecule has 0 unspecified atom stereocenters. The Morgan fingerprint density at radius 1 is 1.26 bits per heavy atom. The number of benzene rings is 1. The highest BCUT2D eigenvalue weighted by molar-refractivity contribution is 5.66. The van der Waals surface area contributed by atoms with Gasteiger partial charge < -0.3 is 10.0 Å². The monoisotopic (exact) mass is 261 g/mol.